The smallest absolute Gasteiger partial charge is 0.412 e. The summed E-state index contributed by atoms with van der Waals surface area (Å²) >= 11 is 5.77. The number of esters is 1. The molecule has 2 aromatic rings. The van der Waals surface area contributed by atoms with Crippen LogP contribution >= 0.6 is 11.6 Å². The number of benzene rings is 2. The summed E-state index contributed by atoms with van der Waals surface area (Å²) in [6, 6.07) is 13.1. The minimum Gasteiger partial charge on any atom is -0.457 e. The van der Waals surface area contributed by atoms with Gasteiger partial charge in [-0.3, -0.25) is 14.9 Å². The quantitative estimate of drug-likeness (QED) is 0.560. The van der Waals surface area contributed by atoms with Crippen molar-refractivity contribution >= 4 is 35.1 Å². The molecule has 0 saturated heterocycles. The van der Waals surface area contributed by atoms with E-state index < -0.39 is 17.7 Å². The van der Waals surface area contributed by atoms with Crippen LogP contribution in [-0.4, -0.2) is 30.1 Å². The average Bonchev–Trinajstić information content (AvgIpc) is 2.60. The highest BCUT2D eigenvalue weighted by atomic mass is 35.5. The zero-order chi connectivity index (χ0) is 20.7. The van der Waals surface area contributed by atoms with Crippen molar-refractivity contribution in [3.63, 3.8) is 0 Å². The topological polar surface area (TPSA) is 81.7 Å². The fourth-order valence-corrected chi connectivity index (χ4v) is 2.34. The molecule has 0 heterocycles. The van der Waals surface area contributed by atoms with Crippen molar-refractivity contribution in [1.82, 2.24) is 0 Å². The van der Waals surface area contributed by atoms with Crippen LogP contribution in [0.4, 0.5) is 10.5 Å². The van der Waals surface area contributed by atoms with Gasteiger partial charge in [0.1, 0.15) is 5.60 Å². The SMILES string of the molecule is CC(C)(C)OC(=O)Nc1ccc(CC(=O)OCC(=O)c2ccc(Cl)cc2)cc1. The molecule has 6 nitrogen and oxygen atoms in total. The van der Waals surface area contributed by atoms with Gasteiger partial charge in [0.05, 0.1) is 6.42 Å². The predicted octanol–water partition coefficient (Wildman–Crippen LogP) is 4.66. The number of halogens is 1. The lowest BCUT2D eigenvalue weighted by molar-refractivity contribution is -0.141. The maximum Gasteiger partial charge on any atom is 0.412 e. The number of amides is 1. The molecule has 0 fully saturated rings. The van der Waals surface area contributed by atoms with Crippen LogP contribution in [0.2, 0.25) is 5.02 Å². The molecule has 0 aliphatic rings. The Morgan fingerprint density at radius 1 is 0.964 bits per heavy atom. The fourth-order valence-electron chi connectivity index (χ4n) is 2.21. The van der Waals surface area contributed by atoms with Crippen LogP contribution in [0.3, 0.4) is 0 Å². The Balaban J connectivity index is 1.81. The van der Waals surface area contributed by atoms with Gasteiger partial charge in [0.15, 0.2) is 12.4 Å². The van der Waals surface area contributed by atoms with Crippen LogP contribution in [0.5, 0.6) is 0 Å². The van der Waals surface area contributed by atoms with Gasteiger partial charge in [-0.2, -0.15) is 0 Å². The second-order valence-electron chi connectivity index (χ2n) is 7.09. The Morgan fingerprint density at radius 3 is 2.14 bits per heavy atom. The van der Waals surface area contributed by atoms with Crippen molar-refractivity contribution in [2.75, 3.05) is 11.9 Å². The highest BCUT2D eigenvalue weighted by Crippen LogP contribution is 2.14. The van der Waals surface area contributed by atoms with Gasteiger partial charge in [-0.1, -0.05) is 23.7 Å². The summed E-state index contributed by atoms with van der Waals surface area (Å²) in [6.45, 7) is 5.00. The minimum atomic E-state index is -0.586. The van der Waals surface area contributed by atoms with Crippen LogP contribution < -0.4 is 5.32 Å². The molecule has 0 aliphatic heterocycles. The summed E-state index contributed by atoms with van der Waals surface area (Å²) in [5.74, 6) is -0.822. The van der Waals surface area contributed by atoms with Crippen LogP contribution in [0.25, 0.3) is 0 Å². The van der Waals surface area contributed by atoms with Crippen molar-refractivity contribution in [2.45, 2.75) is 32.8 Å². The van der Waals surface area contributed by atoms with E-state index in [2.05, 4.69) is 5.32 Å². The van der Waals surface area contributed by atoms with Crippen LogP contribution in [0.1, 0.15) is 36.7 Å². The number of ketones is 1. The molecule has 0 unspecified atom stereocenters. The summed E-state index contributed by atoms with van der Waals surface area (Å²) in [7, 11) is 0. The van der Waals surface area contributed by atoms with Crippen molar-refractivity contribution in [3.05, 3.63) is 64.7 Å². The van der Waals surface area contributed by atoms with Gasteiger partial charge < -0.3 is 9.47 Å². The average molecular weight is 404 g/mol. The van der Waals surface area contributed by atoms with E-state index in [1.165, 1.54) is 0 Å². The highest BCUT2D eigenvalue weighted by Gasteiger charge is 2.16. The summed E-state index contributed by atoms with van der Waals surface area (Å²) in [4.78, 5) is 35.7. The molecule has 2 aromatic carbocycles. The van der Waals surface area contributed by atoms with Gasteiger partial charge in [-0.15, -0.1) is 0 Å². The molecule has 0 atom stereocenters. The monoisotopic (exact) mass is 403 g/mol. The van der Waals surface area contributed by atoms with Crippen LogP contribution in [0.15, 0.2) is 48.5 Å². The molecule has 0 bridgehead atoms. The van der Waals surface area contributed by atoms with E-state index in [1.807, 2.05) is 0 Å². The number of carbonyl (C=O) groups excluding carboxylic acids is 3. The van der Waals surface area contributed by atoms with Gasteiger partial charge in [-0.05, 0) is 62.7 Å². The first-order valence-corrected chi connectivity index (χ1v) is 9.03. The Bertz CT molecular complexity index is 839. The molecule has 148 valence electrons. The zero-order valence-electron chi connectivity index (χ0n) is 16.0. The molecule has 1 N–H and O–H groups in total. The summed E-state index contributed by atoms with van der Waals surface area (Å²) in [5.41, 5.74) is 1.08. The minimum absolute atomic E-state index is 0.0145. The Labute approximate surface area is 168 Å². The lowest BCUT2D eigenvalue weighted by atomic mass is 10.1. The zero-order valence-corrected chi connectivity index (χ0v) is 16.7. The summed E-state index contributed by atoms with van der Waals surface area (Å²) in [6.07, 6.45) is -0.541. The largest absolute Gasteiger partial charge is 0.457 e. The van der Waals surface area contributed by atoms with Crippen molar-refractivity contribution in [3.8, 4) is 0 Å². The molecule has 0 aromatic heterocycles. The van der Waals surface area contributed by atoms with Crippen molar-refractivity contribution < 1.29 is 23.9 Å². The van der Waals surface area contributed by atoms with Crippen LogP contribution in [-0.2, 0) is 20.7 Å². The van der Waals surface area contributed by atoms with E-state index in [-0.39, 0.29) is 18.8 Å². The molecule has 0 aliphatic carbocycles. The van der Waals surface area contributed by atoms with Crippen LogP contribution in [0, 0.1) is 0 Å². The maximum absolute atomic E-state index is 12.0. The van der Waals surface area contributed by atoms with Gasteiger partial charge in [0.25, 0.3) is 0 Å². The number of anilines is 1. The predicted molar refractivity (Wildman–Crippen MR) is 107 cm³/mol. The van der Waals surface area contributed by atoms with E-state index in [1.54, 1.807) is 69.3 Å². The van der Waals surface area contributed by atoms with E-state index in [0.29, 0.717) is 21.8 Å². The molecule has 0 radical (unpaired) electrons. The molecular weight excluding hydrogens is 382 g/mol. The Hall–Kier alpha value is -2.86. The lowest BCUT2D eigenvalue weighted by Gasteiger charge is -2.19. The number of rotatable bonds is 6. The van der Waals surface area contributed by atoms with E-state index in [0.717, 1.165) is 0 Å². The third-order valence-corrected chi connectivity index (χ3v) is 3.73. The van der Waals surface area contributed by atoms with Gasteiger partial charge in [0.2, 0.25) is 0 Å². The molecule has 1 amide bonds. The normalized spacial score (nSPS) is 10.9. The number of hydrogen-bond acceptors (Lipinski definition) is 5. The number of nitrogens with one attached hydrogen (secondary N) is 1. The van der Waals surface area contributed by atoms with Gasteiger partial charge >= 0.3 is 12.1 Å². The van der Waals surface area contributed by atoms with Gasteiger partial charge in [0, 0.05) is 16.3 Å². The molecule has 0 spiro atoms. The number of Topliss-reactive ketones (excluding diaryl/α,β-unsaturated/α-hetero) is 1. The third-order valence-electron chi connectivity index (χ3n) is 3.48. The Morgan fingerprint density at radius 2 is 1.57 bits per heavy atom. The van der Waals surface area contributed by atoms with Crippen molar-refractivity contribution in [2.24, 2.45) is 0 Å². The first-order valence-electron chi connectivity index (χ1n) is 8.66. The van der Waals surface area contributed by atoms with E-state index >= 15 is 0 Å². The summed E-state index contributed by atoms with van der Waals surface area (Å²) in [5, 5.41) is 3.14. The molecule has 0 saturated carbocycles. The number of carbonyl (C=O) groups is 3. The van der Waals surface area contributed by atoms with Gasteiger partial charge in [-0.25, -0.2) is 4.79 Å². The highest BCUT2D eigenvalue weighted by molar-refractivity contribution is 6.30. The van der Waals surface area contributed by atoms with Crippen molar-refractivity contribution in [1.29, 1.82) is 0 Å². The number of hydrogen-bond donors (Lipinski definition) is 1. The van der Waals surface area contributed by atoms with E-state index in [9.17, 15) is 14.4 Å². The second-order valence-corrected chi connectivity index (χ2v) is 7.53. The van der Waals surface area contributed by atoms with E-state index in [4.69, 9.17) is 21.1 Å². The maximum atomic E-state index is 12.0. The molecular formula is C21H22ClNO5. The number of ether oxygens (including phenoxy) is 2. The fraction of sp³-hybridized carbons (Fsp3) is 0.286. The molecule has 7 heteroatoms. The summed E-state index contributed by atoms with van der Waals surface area (Å²) < 4.78 is 10.2. The third kappa shape index (κ3) is 7.40. The molecule has 28 heavy (non-hydrogen) atoms. The lowest BCUT2D eigenvalue weighted by Crippen LogP contribution is -2.27. The molecule has 2 rings (SSSR count). The first-order chi connectivity index (χ1) is 13.1. The Kier molecular flexibility index (Phi) is 7.18. The standard InChI is InChI=1S/C21H22ClNO5/c1-21(2,3)28-20(26)23-17-10-4-14(5-11-17)12-19(25)27-13-18(24)15-6-8-16(22)9-7-15/h4-11H,12-13H2,1-3H3,(H,23,26). The second kappa shape index (κ2) is 9.37. The first kappa shape index (κ1) is 21.4.